The summed E-state index contributed by atoms with van der Waals surface area (Å²) in [5, 5.41) is 9.89. The average molecular weight is 380 g/mol. The smallest absolute Gasteiger partial charge is 0.237 e. The van der Waals surface area contributed by atoms with Crippen molar-refractivity contribution in [2.24, 2.45) is 0 Å². The Kier molecular flexibility index (Phi) is 5.29. The summed E-state index contributed by atoms with van der Waals surface area (Å²) in [6.45, 7) is 3.66. The number of benzene rings is 2. The van der Waals surface area contributed by atoms with Gasteiger partial charge in [0.2, 0.25) is 5.91 Å². The van der Waals surface area contributed by atoms with Crippen LogP contribution in [0.1, 0.15) is 29.5 Å². The van der Waals surface area contributed by atoms with E-state index in [0.29, 0.717) is 13.1 Å². The van der Waals surface area contributed by atoms with Gasteiger partial charge in [-0.05, 0) is 35.7 Å². The quantitative estimate of drug-likeness (QED) is 0.867. The molecule has 4 nitrogen and oxygen atoms in total. The first-order valence-corrected chi connectivity index (χ1v) is 9.72. The van der Waals surface area contributed by atoms with Gasteiger partial charge in [-0.15, -0.1) is 0 Å². The van der Waals surface area contributed by atoms with Crippen LogP contribution in [0.5, 0.6) is 0 Å². The van der Waals surface area contributed by atoms with Gasteiger partial charge in [0.25, 0.3) is 0 Å². The largest absolute Gasteiger partial charge is 0.394 e. The van der Waals surface area contributed by atoms with E-state index >= 15 is 0 Å². The predicted molar refractivity (Wildman–Crippen MR) is 107 cm³/mol. The van der Waals surface area contributed by atoms with Crippen molar-refractivity contribution in [1.29, 1.82) is 0 Å². The highest BCUT2D eigenvalue weighted by atomic mass is 19.1. The molecule has 1 amide bonds. The Bertz CT molecular complexity index is 863. The van der Waals surface area contributed by atoms with Gasteiger partial charge >= 0.3 is 0 Å². The topological polar surface area (TPSA) is 43.8 Å². The summed E-state index contributed by atoms with van der Waals surface area (Å²) in [6.07, 6.45) is 4.05. The number of hydrogen-bond acceptors (Lipinski definition) is 3. The molecule has 2 aromatic rings. The van der Waals surface area contributed by atoms with Crippen LogP contribution in [0, 0.1) is 5.82 Å². The molecule has 2 heterocycles. The van der Waals surface area contributed by atoms with Crippen LogP contribution in [0.2, 0.25) is 0 Å². The van der Waals surface area contributed by atoms with Gasteiger partial charge in [-0.1, -0.05) is 48.6 Å². The van der Waals surface area contributed by atoms with E-state index in [4.69, 9.17) is 0 Å². The minimum atomic E-state index is -0.254. The summed E-state index contributed by atoms with van der Waals surface area (Å²) < 4.78 is 13.1. The Morgan fingerprint density at radius 1 is 1.14 bits per heavy atom. The Morgan fingerprint density at radius 2 is 1.86 bits per heavy atom. The van der Waals surface area contributed by atoms with Gasteiger partial charge < -0.3 is 10.0 Å². The van der Waals surface area contributed by atoms with Crippen LogP contribution in [-0.4, -0.2) is 52.6 Å². The molecule has 2 aromatic carbocycles. The maximum absolute atomic E-state index is 13.1. The van der Waals surface area contributed by atoms with Crippen molar-refractivity contribution in [2.75, 3.05) is 19.7 Å². The maximum atomic E-state index is 13.1. The van der Waals surface area contributed by atoms with Crippen LogP contribution >= 0.6 is 0 Å². The van der Waals surface area contributed by atoms with E-state index in [-0.39, 0.29) is 36.3 Å². The third-order valence-electron chi connectivity index (χ3n) is 5.82. The number of rotatable bonds is 5. The number of hydrogen-bond donors (Lipinski definition) is 1. The highest BCUT2D eigenvalue weighted by Gasteiger charge is 2.53. The van der Waals surface area contributed by atoms with E-state index < -0.39 is 0 Å². The van der Waals surface area contributed by atoms with Crippen molar-refractivity contribution in [2.45, 2.75) is 31.5 Å². The van der Waals surface area contributed by atoms with E-state index in [1.807, 2.05) is 17.9 Å². The van der Waals surface area contributed by atoms with Crippen LogP contribution in [0.15, 0.2) is 54.6 Å². The Labute approximate surface area is 164 Å². The van der Waals surface area contributed by atoms with Crippen LogP contribution in [0.4, 0.5) is 4.39 Å². The number of fused-ring (bicyclic) bond motifs is 1. The van der Waals surface area contributed by atoms with Gasteiger partial charge in [-0.2, -0.15) is 0 Å². The molecule has 0 aliphatic carbocycles. The van der Waals surface area contributed by atoms with Gasteiger partial charge in [0.15, 0.2) is 0 Å². The molecule has 146 valence electrons. The van der Waals surface area contributed by atoms with Crippen molar-refractivity contribution in [1.82, 2.24) is 9.80 Å². The normalized spacial score (nSPS) is 25.0. The molecule has 3 atom stereocenters. The molecule has 2 aliphatic heterocycles. The number of halogens is 1. The lowest BCUT2D eigenvalue weighted by atomic mass is 9.73. The van der Waals surface area contributed by atoms with Crippen molar-refractivity contribution < 1.29 is 14.3 Å². The summed E-state index contributed by atoms with van der Waals surface area (Å²) in [7, 11) is 0. The van der Waals surface area contributed by atoms with E-state index in [2.05, 4.69) is 35.2 Å². The summed E-state index contributed by atoms with van der Waals surface area (Å²) in [5.41, 5.74) is 3.29. The number of nitrogens with zero attached hydrogens (tertiary/aromatic N) is 2. The Morgan fingerprint density at radius 3 is 2.50 bits per heavy atom. The number of aliphatic hydroxyl groups excluding tert-OH is 1. The molecule has 0 bridgehead atoms. The van der Waals surface area contributed by atoms with E-state index in [1.54, 1.807) is 12.1 Å². The van der Waals surface area contributed by atoms with Crippen LogP contribution in [-0.2, 0) is 11.3 Å². The molecule has 0 aromatic heterocycles. The highest BCUT2D eigenvalue weighted by Crippen LogP contribution is 2.43. The van der Waals surface area contributed by atoms with Crippen molar-refractivity contribution in [3.05, 3.63) is 77.1 Å². The van der Waals surface area contributed by atoms with Gasteiger partial charge in [0, 0.05) is 19.0 Å². The standard InChI is InChI=1S/C23H25FN2O2/c1-2-3-16-4-8-18(9-5-16)23-20-13-25(12-17-6-10-19(24)11-7-17)14-22(28)26(20)21(23)15-27/h2-11,20-21,23,27H,12-15H2,1H3/b3-2+/t20-,21+,23-/m0/s1. The number of piperazine rings is 1. The molecule has 0 radical (unpaired) electrons. The minimum Gasteiger partial charge on any atom is -0.394 e. The zero-order chi connectivity index (χ0) is 19.7. The second kappa shape index (κ2) is 7.86. The summed E-state index contributed by atoms with van der Waals surface area (Å²) in [4.78, 5) is 16.7. The lowest BCUT2D eigenvalue weighted by molar-refractivity contribution is -0.162. The number of carbonyl (C=O) groups is 1. The lowest BCUT2D eigenvalue weighted by Gasteiger charge is -2.59. The number of carbonyl (C=O) groups excluding carboxylic acids is 1. The summed E-state index contributed by atoms with van der Waals surface area (Å²) in [5.74, 6) is -0.0697. The first kappa shape index (κ1) is 18.8. The molecule has 2 saturated heterocycles. The van der Waals surface area contributed by atoms with Gasteiger partial charge in [0.05, 0.1) is 25.2 Å². The van der Waals surface area contributed by atoms with Crippen molar-refractivity contribution in [3.63, 3.8) is 0 Å². The van der Waals surface area contributed by atoms with E-state index in [0.717, 1.165) is 23.2 Å². The molecule has 1 N–H and O–H groups in total. The molecular formula is C23H25FN2O2. The molecular weight excluding hydrogens is 355 g/mol. The number of amides is 1. The first-order valence-electron chi connectivity index (χ1n) is 9.72. The molecule has 0 spiro atoms. The van der Waals surface area contributed by atoms with Crippen LogP contribution in [0.25, 0.3) is 6.08 Å². The first-order chi connectivity index (χ1) is 13.6. The van der Waals surface area contributed by atoms with Gasteiger partial charge in [0.1, 0.15) is 5.82 Å². The highest BCUT2D eigenvalue weighted by molar-refractivity contribution is 5.81. The molecule has 2 fully saturated rings. The molecule has 28 heavy (non-hydrogen) atoms. The second-order valence-corrected chi connectivity index (χ2v) is 7.61. The monoisotopic (exact) mass is 380 g/mol. The van der Waals surface area contributed by atoms with Crippen molar-refractivity contribution >= 4 is 12.0 Å². The van der Waals surface area contributed by atoms with Crippen LogP contribution in [0.3, 0.4) is 0 Å². The zero-order valence-corrected chi connectivity index (χ0v) is 16.0. The molecule has 2 aliphatic rings. The molecule has 0 unspecified atom stereocenters. The average Bonchev–Trinajstić information content (AvgIpc) is 2.67. The molecule has 4 rings (SSSR count). The Balaban J connectivity index is 1.52. The van der Waals surface area contributed by atoms with Crippen molar-refractivity contribution in [3.8, 4) is 0 Å². The molecule has 0 saturated carbocycles. The second-order valence-electron chi connectivity index (χ2n) is 7.61. The fraction of sp³-hybridized carbons (Fsp3) is 0.348. The van der Waals surface area contributed by atoms with E-state index in [9.17, 15) is 14.3 Å². The zero-order valence-electron chi connectivity index (χ0n) is 16.0. The number of allylic oxidation sites excluding steroid dienone is 1. The Hall–Kier alpha value is -2.50. The van der Waals surface area contributed by atoms with Gasteiger partial charge in [-0.25, -0.2) is 4.39 Å². The third-order valence-corrected chi connectivity index (χ3v) is 5.82. The summed E-state index contributed by atoms with van der Waals surface area (Å²) in [6, 6.07) is 14.7. The fourth-order valence-corrected chi connectivity index (χ4v) is 4.56. The molecule has 5 heteroatoms. The summed E-state index contributed by atoms with van der Waals surface area (Å²) >= 11 is 0. The maximum Gasteiger partial charge on any atom is 0.237 e. The van der Waals surface area contributed by atoms with Gasteiger partial charge in [-0.3, -0.25) is 9.69 Å². The van der Waals surface area contributed by atoms with Crippen LogP contribution < -0.4 is 0 Å². The fourth-order valence-electron chi connectivity index (χ4n) is 4.56. The predicted octanol–water partition coefficient (Wildman–Crippen LogP) is 3.03. The number of aliphatic hydroxyl groups is 1. The minimum absolute atomic E-state index is 0.0263. The van der Waals surface area contributed by atoms with E-state index in [1.165, 1.54) is 12.1 Å². The SMILES string of the molecule is C/C=C/c1ccc([C@@H]2[C@@H](CO)N3C(=O)CN(Cc4ccc(F)cc4)C[C@@H]23)cc1. The third kappa shape index (κ3) is 3.48. The lowest BCUT2D eigenvalue weighted by Crippen LogP contribution is -2.72.